The molecule has 0 aliphatic carbocycles. The van der Waals surface area contributed by atoms with Gasteiger partial charge in [-0.15, -0.1) is 0 Å². The summed E-state index contributed by atoms with van der Waals surface area (Å²) in [6.45, 7) is 9.74. The molecule has 3 aromatic rings. The second-order valence-corrected chi connectivity index (χ2v) is 7.24. The predicted molar refractivity (Wildman–Crippen MR) is 108 cm³/mol. The van der Waals surface area contributed by atoms with Gasteiger partial charge in [0.25, 0.3) is 5.91 Å². The number of imidazole rings is 1. The molecule has 0 saturated carbocycles. The van der Waals surface area contributed by atoms with E-state index >= 15 is 0 Å². The van der Waals surface area contributed by atoms with Gasteiger partial charge in [0.05, 0.1) is 17.6 Å². The van der Waals surface area contributed by atoms with Gasteiger partial charge in [0.2, 0.25) is 0 Å². The zero-order valence-corrected chi connectivity index (χ0v) is 17.1. The Labute approximate surface area is 165 Å². The summed E-state index contributed by atoms with van der Waals surface area (Å²) in [4.78, 5) is 19.5. The van der Waals surface area contributed by atoms with Gasteiger partial charge in [-0.05, 0) is 50.5 Å². The van der Waals surface area contributed by atoms with E-state index in [1.165, 1.54) is 12.1 Å². The number of hydrogen-bond donors (Lipinski definition) is 0. The number of rotatable bonds is 8. The molecular weight excluding hydrogens is 357 g/mol. The lowest BCUT2D eigenvalue weighted by molar-refractivity contribution is 0.0701. The number of halogens is 1. The van der Waals surface area contributed by atoms with E-state index in [9.17, 15) is 9.18 Å². The molecule has 150 valence electrons. The summed E-state index contributed by atoms with van der Waals surface area (Å²) in [5.74, 6) is 1.45. The Morgan fingerprint density at radius 2 is 2.00 bits per heavy atom. The molecule has 0 aliphatic heterocycles. The summed E-state index contributed by atoms with van der Waals surface area (Å²) in [5, 5.41) is 0. The predicted octanol–water partition coefficient (Wildman–Crippen LogP) is 5.24. The first-order valence-corrected chi connectivity index (χ1v) is 9.95. The monoisotopic (exact) mass is 385 g/mol. The summed E-state index contributed by atoms with van der Waals surface area (Å²) >= 11 is 0. The van der Waals surface area contributed by atoms with Gasteiger partial charge in [-0.1, -0.05) is 20.3 Å². The van der Waals surface area contributed by atoms with E-state index < -0.39 is 0 Å². The first-order valence-electron chi connectivity index (χ1n) is 9.95. The fourth-order valence-electron chi connectivity index (χ4n) is 3.35. The highest BCUT2D eigenvalue weighted by Crippen LogP contribution is 2.21. The van der Waals surface area contributed by atoms with E-state index in [2.05, 4.69) is 23.4 Å². The third kappa shape index (κ3) is 4.11. The summed E-state index contributed by atoms with van der Waals surface area (Å²) in [6.07, 6.45) is 2.80. The highest BCUT2D eigenvalue weighted by molar-refractivity contribution is 5.91. The first kappa shape index (κ1) is 20.1. The average Bonchev–Trinajstić information content (AvgIpc) is 3.18. The second kappa shape index (κ2) is 8.59. The first-order chi connectivity index (χ1) is 13.4. The van der Waals surface area contributed by atoms with E-state index in [1.807, 2.05) is 13.8 Å². The fraction of sp³-hybridized carbons (Fsp3) is 0.455. The van der Waals surface area contributed by atoms with Crippen LogP contribution in [-0.2, 0) is 13.1 Å². The van der Waals surface area contributed by atoms with Crippen LogP contribution in [0.4, 0.5) is 4.39 Å². The molecule has 0 fully saturated rings. The van der Waals surface area contributed by atoms with Gasteiger partial charge in [-0.3, -0.25) is 4.79 Å². The van der Waals surface area contributed by atoms with E-state index in [4.69, 9.17) is 4.42 Å². The minimum Gasteiger partial charge on any atom is -0.456 e. The SMILES string of the molecule is CCCCN(Cc1nc2cc(F)ccc2n1CCC)C(=O)c1cc(C)c(C)o1. The van der Waals surface area contributed by atoms with Crippen LogP contribution >= 0.6 is 0 Å². The van der Waals surface area contributed by atoms with Crippen LogP contribution in [0.1, 0.15) is 60.8 Å². The number of benzene rings is 1. The van der Waals surface area contributed by atoms with Crippen molar-refractivity contribution in [2.75, 3.05) is 6.54 Å². The Kier molecular flexibility index (Phi) is 6.17. The van der Waals surface area contributed by atoms with E-state index in [0.29, 0.717) is 24.4 Å². The van der Waals surface area contributed by atoms with Crippen molar-refractivity contribution in [1.29, 1.82) is 0 Å². The zero-order valence-electron chi connectivity index (χ0n) is 17.1. The van der Waals surface area contributed by atoms with E-state index in [0.717, 1.165) is 48.5 Å². The maximum Gasteiger partial charge on any atom is 0.289 e. The summed E-state index contributed by atoms with van der Waals surface area (Å²) in [6, 6.07) is 6.45. The maximum absolute atomic E-state index is 13.7. The molecule has 3 rings (SSSR count). The number of fused-ring (bicyclic) bond motifs is 1. The van der Waals surface area contributed by atoms with Crippen LogP contribution in [0.15, 0.2) is 28.7 Å². The Balaban J connectivity index is 1.96. The number of nitrogens with zero attached hydrogens (tertiary/aromatic N) is 3. The molecule has 1 amide bonds. The number of hydrogen-bond acceptors (Lipinski definition) is 3. The Hall–Kier alpha value is -2.63. The molecule has 0 aliphatic rings. The second-order valence-electron chi connectivity index (χ2n) is 7.24. The van der Waals surface area contributed by atoms with Crippen molar-refractivity contribution in [2.45, 2.75) is 60.0 Å². The van der Waals surface area contributed by atoms with Crippen LogP contribution in [-0.4, -0.2) is 26.9 Å². The van der Waals surface area contributed by atoms with Crippen molar-refractivity contribution < 1.29 is 13.6 Å². The van der Waals surface area contributed by atoms with E-state index in [1.54, 1.807) is 17.0 Å². The van der Waals surface area contributed by atoms with Crippen LogP contribution in [0.5, 0.6) is 0 Å². The van der Waals surface area contributed by atoms with Gasteiger partial charge in [0, 0.05) is 19.2 Å². The lowest BCUT2D eigenvalue weighted by Crippen LogP contribution is -2.32. The molecule has 0 N–H and O–H groups in total. The highest BCUT2D eigenvalue weighted by atomic mass is 19.1. The normalized spacial score (nSPS) is 11.3. The molecule has 0 unspecified atom stereocenters. The third-order valence-corrected chi connectivity index (χ3v) is 5.01. The molecule has 0 spiro atoms. The number of aromatic nitrogens is 2. The van der Waals surface area contributed by atoms with Gasteiger partial charge in [-0.25, -0.2) is 9.37 Å². The van der Waals surface area contributed by atoms with Gasteiger partial charge >= 0.3 is 0 Å². The topological polar surface area (TPSA) is 51.3 Å². The maximum atomic E-state index is 13.7. The molecule has 28 heavy (non-hydrogen) atoms. The molecule has 5 nitrogen and oxygen atoms in total. The molecule has 0 bridgehead atoms. The highest BCUT2D eigenvalue weighted by Gasteiger charge is 2.22. The number of carbonyl (C=O) groups is 1. The molecule has 2 heterocycles. The molecule has 1 aromatic carbocycles. The summed E-state index contributed by atoms with van der Waals surface area (Å²) in [7, 11) is 0. The number of furan rings is 1. The average molecular weight is 385 g/mol. The van der Waals surface area contributed by atoms with Crippen molar-refractivity contribution in [3.63, 3.8) is 0 Å². The minimum atomic E-state index is -0.305. The van der Waals surface area contributed by atoms with Crippen molar-refractivity contribution in [3.8, 4) is 0 Å². The summed E-state index contributed by atoms with van der Waals surface area (Å²) in [5.41, 5.74) is 2.48. The molecule has 0 atom stereocenters. The largest absolute Gasteiger partial charge is 0.456 e. The smallest absolute Gasteiger partial charge is 0.289 e. The Morgan fingerprint density at radius 3 is 2.64 bits per heavy atom. The number of aryl methyl sites for hydroxylation is 3. The van der Waals surface area contributed by atoms with E-state index in [-0.39, 0.29) is 11.7 Å². The van der Waals surface area contributed by atoms with Crippen molar-refractivity contribution in [1.82, 2.24) is 14.5 Å². The zero-order chi connectivity index (χ0) is 20.3. The van der Waals surface area contributed by atoms with Crippen LogP contribution in [0.3, 0.4) is 0 Å². The molecule has 2 aromatic heterocycles. The van der Waals surface area contributed by atoms with Crippen LogP contribution in [0.25, 0.3) is 11.0 Å². The molecule has 6 heteroatoms. The number of unbranched alkanes of at least 4 members (excludes halogenated alkanes) is 1. The molecule has 0 radical (unpaired) electrons. The van der Waals surface area contributed by atoms with Crippen molar-refractivity contribution in [3.05, 3.63) is 53.0 Å². The lowest BCUT2D eigenvalue weighted by Gasteiger charge is -2.22. The van der Waals surface area contributed by atoms with Gasteiger partial charge in [-0.2, -0.15) is 0 Å². The van der Waals surface area contributed by atoms with Gasteiger partial charge in [0.1, 0.15) is 17.4 Å². The third-order valence-electron chi connectivity index (χ3n) is 5.01. The quantitative estimate of drug-likeness (QED) is 0.533. The van der Waals surface area contributed by atoms with Gasteiger partial charge in [0.15, 0.2) is 5.76 Å². The van der Waals surface area contributed by atoms with Crippen molar-refractivity contribution in [2.24, 2.45) is 0 Å². The minimum absolute atomic E-state index is 0.133. The van der Waals surface area contributed by atoms with Crippen LogP contribution in [0.2, 0.25) is 0 Å². The van der Waals surface area contributed by atoms with Crippen LogP contribution in [0, 0.1) is 19.7 Å². The number of amides is 1. The standard InChI is InChI=1S/C22H28FN3O2/c1-5-7-11-25(22(27)20-12-15(3)16(4)28-20)14-21-24-18-13-17(23)8-9-19(18)26(21)10-6-2/h8-9,12-13H,5-7,10-11,14H2,1-4H3. The molecule has 0 saturated heterocycles. The lowest BCUT2D eigenvalue weighted by atomic mass is 10.2. The summed E-state index contributed by atoms with van der Waals surface area (Å²) < 4.78 is 21.4. The van der Waals surface area contributed by atoms with Crippen LogP contribution < -0.4 is 0 Å². The number of carbonyl (C=O) groups excluding carboxylic acids is 1. The Morgan fingerprint density at radius 1 is 1.21 bits per heavy atom. The fourth-order valence-corrected chi connectivity index (χ4v) is 3.35. The Bertz CT molecular complexity index is 954. The molecular formula is C22H28FN3O2. The van der Waals surface area contributed by atoms with Crippen molar-refractivity contribution >= 4 is 16.9 Å². The van der Waals surface area contributed by atoms with Gasteiger partial charge < -0.3 is 13.9 Å².